The number of Topliss-reactive ketones (excluding diaryl/α,β-unsaturated/α-hetero) is 4. The van der Waals surface area contributed by atoms with Crippen molar-refractivity contribution in [1.29, 1.82) is 0 Å². The molecule has 398 valence electrons. The molecule has 0 aliphatic carbocycles. The number of amides is 3. The van der Waals surface area contributed by atoms with Crippen molar-refractivity contribution in [2.45, 2.75) is 129 Å². The number of carbonyl (C=O) groups excluding carboxylic acids is 7. The number of rotatable bonds is 41. The molecule has 1 aromatic carbocycles. The Balaban J connectivity index is 0.000000911. The number of nitrogens with two attached hydrogens (primary N) is 1. The van der Waals surface area contributed by atoms with Crippen LogP contribution in [0.3, 0.4) is 0 Å². The summed E-state index contributed by atoms with van der Waals surface area (Å²) in [5.41, 5.74) is 7.65. The van der Waals surface area contributed by atoms with Crippen LogP contribution in [0.4, 0.5) is 5.69 Å². The number of ketones is 4. The fourth-order valence-electron chi connectivity index (χ4n) is 6.71. The first-order valence-corrected chi connectivity index (χ1v) is 25.7. The van der Waals surface area contributed by atoms with Gasteiger partial charge in [-0.1, -0.05) is 6.92 Å². The maximum Gasteiger partial charge on any atom is 0.326 e. The van der Waals surface area contributed by atoms with Crippen LogP contribution in [0.25, 0.3) is 0 Å². The maximum atomic E-state index is 12.4. The molecule has 1 heterocycles. The van der Waals surface area contributed by atoms with Crippen LogP contribution >= 0.6 is 0 Å². The molecule has 1 aliphatic rings. The molecular weight excluding hydrogens is 949 g/mol. The molecule has 0 radical (unpaired) electrons. The van der Waals surface area contributed by atoms with Crippen LogP contribution in [0.15, 0.2) is 39.7 Å². The summed E-state index contributed by atoms with van der Waals surface area (Å²) in [5.74, 6) is -7.51. The Morgan fingerprint density at radius 2 is 1.45 bits per heavy atom. The zero-order valence-corrected chi connectivity index (χ0v) is 42.1. The highest BCUT2D eigenvalue weighted by Gasteiger charge is 2.26. The largest absolute Gasteiger partial charge is 0.481 e. The zero-order valence-electron chi connectivity index (χ0n) is 41.2. The Hall–Kier alpha value is -5.85. The highest BCUT2D eigenvalue weighted by atomic mass is 32.2. The summed E-state index contributed by atoms with van der Waals surface area (Å²) < 4.78 is 34.9. The molecule has 3 atom stereocenters. The lowest BCUT2D eigenvalue weighted by atomic mass is 9.95. The first-order chi connectivity index (χ1) is 33.8. The molecule has 0 bridgehead atoms. The Kier molecular flexibility index (Phi) is 32.9. The molecule has 0 unspecified atom stereocenters. The Morgan fingerprint density at radius 3 is 2.07 bits per heavy atom. The van der Waals surface area contributed by atoms with Crippen molar-refractivity contribution in [3.8, 4) is 0 Å². The van der Waals surface area contributed by atoms with E-state index in [0.29, 0.717) is 44.3 Å². The lowest BCUT2D eigenvalue weighted by Crippen LogP contribution is -2.41. The summed E-state index contributed by atoms with van der Waals surface area (Å²) in [6.07, 6.45) is 3.17. The molecular formula is C47H74N8O15S. The van der Waals surface area contributed by atoms with Crippen LogP contribution in [0.2, 0.25) is 0 Å². The van der Waals surface area contributed by atoms with Crippen molar-refractivity contribution in [2.75, 3.05) is 69.9 Å². The number of hydrogen-bond acceptors (Lipinski definition) is 18. The average molecular weight is 1020 g/mol. The van der Waals surface area contributed by atoms with E-state index in [9.17, 15) is 61.8 Å². The fraction of sp³-hybridized carbons (Fsp3) is 0.660. The van der Waals surface area contributed by atoms with Gasteiger partial charge < -0.3 is 46.7 Å². The molecule has 8 N–H and O–H groups in total. The second kappa shape index (κ2) is 37.0. The first-order valence-electron chi connectivity index (χ1n) is 23.9. The summed E-state index contributed by atoms with van der Waals surface area (Å²) in [7, 11) is -2.04. The van der Waals surface area contributed by atoms with E-state index < -0.39 is 69.1 Å². The van der Waals surface area contributed by atoms with Crippen molar-refractivity contribution in [1.82, 2.24) is 16.0 Å². The number of carboxylic acid groups (broad SMARTS) is 2. The van der Waals surface area contributed by atoms with E-state index in [1.54, 1.807) is 7.05 Å². The number of benzene rings is 1. The van der Waals surface area contributed by atoms with E-state index in [0.717, 1.165) is 37.2 Å². The second-order valence-electron chi connectivity index (χ2n) is 17.0. The summed E-state index contributed by atoms with van der Waals surface area (Å²) in [4.78, 5) is 106. The molecule has 0 spiro atoms. The fourth-order valence-corrected chi connectivity index (χ4v) is 8.07. The minimum Gasteiger partial charge on any atom is -0.481 e. The summed E-state index contributed by atoms with van der Waals surface area (Å²) in [6.45, 7) is 6.15. The van der Waals surface area contributed by atoms with Gasteiger partial charge in [-0.3, -0.25) is 38.4 Å². The molecule has 1 aliphatic heterocycles. The van der Waals surface area contributed by atoms with Crippen molar-refractivity contribution >= 4 is 74.0 Å². The first kappa shape index (κ1) is 63.2. The summed E-state index contributed by atoms with van der Waals surface area (Å²) in [6, 6.07) is 5.79. The van der Waals surface area contributed by atoms with Gasteiger partial charge in [0, 0.05) is 69.5 Å². The predicted octanol–water partition coefficient (Wildman–Crippen LogP) is 2.99. The van der Waals surface area contributed by atoms with Crippen molar-refractivity contribution in [3.05, 3.63) is 29.8 Å². The van der Waals surface area contributed by atoms with Crippen LogP contribution < -0.4 is 27.0 Å². The van der Waals surface area contributed by atoms with E-state index in [1.807, 2.05) is 24.3 Å². The molecule has 24 heteroatoms. The number of ether oxygens (including phenoxy) is 2. The van der Waals surface area contributed by atoms with Gasteiger partial charge in [-0.25, -0.2) is 13.2 Å². The van der Waals surface area contributed by atoms with E-state index in [-0.39, 0.29) is 107 Å². The number of anilines is 1. The van der Waals surface area contributed by atoms with Gasteiger partial charge in [-0.05, 0) is 108 Å². The molecule has 71 heavy (non-hydrogen) atoms. The minimum atomic E-state index is -3.76. The molecule has 1 aromatic rings. The van der Waals surface area contributed by atoms with E-state index >= 15 is 0 Å². The highest BCUT2D eigenvalue weighted by molar-refractivity contribution is 7.92. The standard InChI is InChI=1S/C30H46N4O13S.C17H28N4O2/c1-21(35)19-47-15-14-46-13-3-7-24(36)10-11-27(30(42)43)32-28(39)12-9-22(29(40)41)17-25(37)8-4-16-48(44,45)20-26(38)6-2-5-23-18-31-34-33-23;1-3-11-20-14-9-7-13(8-10-14)17(23)21-12-5-4-6-15(19-2)16(18)22/h22,27H,2-20H2,1H3,(H,32,39)(H,40,41)(H,42,43);7-10,15,19-20H,3-6,11-12H2,1-2H3,(H2,18,22)(H,21,23)/t22-,27+;15-/m10/s1. The number of likely N-dealkylation sites (N-methyl/N-ethyl adjacent to an activating group) is 1. The molecule has 0 saturated heterocycles. The lowest BCUT2D eigenvalue weighted by Gasteiger charge is -2.16. The van der Waals surface area contributed by atoms with Crippen LogP contribution in [0.5, 0.6) is 0 Å². The van der Waals surface area contributed by atoms with Crippen molar-refractivity contribution in [3.63, 3.8) is 0 Å². The predicted molar refractivity (Wildman–Crippen MR) is 263 cm³/mol. The summed E-state index contributed by atoms with van der Waals surface area (Å²) >= 11 is 0. The number of nitrogens with one attached hydrogen (secondary N) is 4. The third-order valence-electron chi connectivity index (χ3n) is 10.6. The quantitative estimate of drug-likeness (QED) is 0.0464. The number of primary amides is 1. The smallest absolute Gasteiger partial charge is 0.326 e. The number of unbranched alkanes of at least 4 members (excludes halogenated alkanes) is 1. The third-order valence-corrected chi connectivity index (χ3v) is 12.3. The number of aliphatic carboxylic acids is 2. The monoisotopic (exact) mass is 1020 g/mol. The number of carboxylic acids is 2. The van der Waals surface area contributed by atoms with Crippen LogP contribution in [-0.4, -0.2) is 154 Å². The third kappa shape index (κ3) is 31.9. The number of carbonyl (C=O) groups is 9. The van der Waals surface area contributed by atoms with Crippen molar-refractivity contribution in [2.24, 2.45) is 27.1 Å². The number of hydrogen-bond donors (Lipinski definition) is 7. The molecule has 3 amide bonds. The van der Waals surface area contributed by atoms with E-state index in [4.69, 9.17) is 15.2 Å². The van der Waals surface area contributed by atoms with Gasteiger partial charge in [-0.2, -0.15) is 5.11 Å². The minimum absolute atomic E-state index is 0.000686. The molecule has 0 aromatic heterocycles. The van der Waals surface area contributed by atoms with Crippen molar-refractivity contribution < 1.29 is 71.3 Å². The second-order valence-corrected chi connectivity index (χ2v) is 19.1. The van der Waals surface area contributed by atoms with Crippen LogP contribution in [-0.2, 0) is 57.7 Å². The highest BCUT2D eigenvalue weighted by Crippen LogP contribution is 2.16. The van der Waals surface area contributed by atoms with Gasteiger partial charge in [0.05, 0.1) is 36.6 Å². The normalized spacial score (nSPS) is 13.1. The van der Waals surface area contributed by atoms with E-state index in [1.165, 1.54) is 6.92 Å². The van der Waals surface area contributed by atoms with Crippen LogP contribution in [0, 0.1) is 5.92 Å². The molecule has 23 nitrogen and oxygen atoms in total. The molecule has 0 saturated carbocycles. The lowest BCUT2D eigenvalue weighted by molar-refractivity contribution is -0.145. The van der Waals surface area contributed by atoms with Gasteiger partial charge in [-0.15, -0.1) is 5.10 Å². The maximum absolute atomic E-state index is 12.4. The SMILES string of the molecule is CC(=O)COCCOCCCC(=O)CC[C@H](NC(=O)CC[C@H](CC(=O)CCCS(=O)(=O)CC(=O)CCCC1=NN=NC1)C(=O)O)C(=O)O.CCCNc1ccc(C(=O)NCCCC[C@H](NC)C(N)=O)cc1. The van der Waals surface area contributed by atoms with Gasteiger partial charge in [0.25, 0.3) is 5.91 Å². The van der Waals surface area contributed by atoms with Gasteiger partial charge in [0.15, 0.2) is 15.6 Å². The van der Waals surface area contributed by atoms with Gasteiger partial charge in [0.1, 0.15) is 42.3 Å². The zero-order chi connectivity index (χ0) is 53.0. The molecule has 0 fully saturated rings. The van der Waals surface area contributed by atoms with E-state index in [2.05, 4.69) is 43.6 Å². The Labute approximate surface area is 415 Å². The Morgan fingerprint density at radius 1 is 0.761 bits per heavy atom. The van der Waals surface area contributed by atoms with Gasteiger partial charge >= 0.3 is 11.9 Å². The number of sulfone groups is 1. The average Bonchev–Trinajstić information content (AvgIpc) is 3.83. The number of nitrogens with zero attached hydrogens (tertiary/aromatic N) is 3. The molecule has 2 rings (SSSR count). The Bertz CT molecular complexity index is 2050. The van der Waals surface area contributed by atoms with Gasteiger partial charge in [0.2, 0.25) is 11.8 Å². The van der Waals surface area contributed by atoms with Crippen LogP contribution in [0.1, 0.15) is 127 Å². The summed E-state index contributed by atoms with van der Waals surface area (Å²) in [5, 5.41) is 41.2. The topological polar surface area (TPSA) is 358 Å².